The van der Waals surface area contributed by atoms with Gasteiger partial charge in [0.15, 0.2) is 0 Å². The summed E-state index contributed by atoms with van der Waals surface area (Å²) in [4.78, 5) is 0. The molecular formula is C12H17NO3. The summed E-state index contributed by atoms with van der Waals surface area (Å²) in [7, 11) is 0. The molecule has 0 bridgehead atoms. The van der Waals surface area contributed by atoms with E-state index in [4.69, 9.17) is 9.84 Å². The zero-order chi connectivity index (χ0) is 11.5. The van der Waals surface area contributed by atoms with E-state index in [2.05, 4.69) is 5.32 Å². The Hall–Kier alpha value is -1.26. The Kier molecular flexibility index (Phi) is 3.31. The Balaban J connectivity index is 2.01. The normalized spacial score (nSPS) is 20.2. The van der Waals surface area contributed by atoms with Crippen LogP contribution >= 0.6 is 0 Å². The SMILES string of the molecule is CC(CO)CNC1COc2cc(O)ccc21. The molecule has 1 aliphatic heterocycles. The third-order valence-corrected chi connectivity index (χ3v) is 2.80. The van der Waals surface area contributed by atoms with Crippen molar-refractivity contribution < 1.29 is 14.9 Å². The lowest BCUT2D eigenvalue weighted by atomic mass is 10.1. The molecule has 0 aliphatic carbocycles. The van der Waals surface area contributed by atoms with Crippen molar-refractivity contribution in [3.05, 3.63) is 23.8 Å². The number of phenols is 1. The molecule has 2 atom stereocenters. The standard InChI is InChI=1S/C12H17NO3/c1-8(6-14)5-13-11-7-16-12-4-9(15)2-3-10(11)12/h2-4,8,11,13-15H,5-7H2,1H3. The van der Waals surface area contributed by atoms with Crippen molar-refractivity contribution in [1.82, 2.24) is 5.32 Å². The van der Waals surface area contributed by atoms with Crippen LogP contribution in [-0.2, 0) is 0 Å². The van der Waals surface area contributed by atoms with E-state index in [-0.39, 0.29) is 24.3 Å². The first kappa shape index (κ1) is 11.2. The van der Waals surface area contributed by atoms with Gasteiger partial charge in [-0.25, -0.2) is 0 Å². The largest absolute Gasteiger partial charge is 0.508 e. The highest BCUT2D eigenvalue weighted by atomic mass is 16.5. The van der Waals surface area contributed by atoms with Crippen molar-refractivity contribution in [3.63, 3.8) is 0 Å². The molecule has 2 unspecified atom stereocenters. The lowest BCUT2D eigenvalue weighted by Crippen LogP contribution is -2.28. The fraction of sp³-hybridized carbons (Fsp3) is 0.500. The molecular weight excluding hydrogens is 206 g/mol. The molecule has 2 rings (SSSR count). The summed E-state index contributed by atoms with van der Waals surface area (Å²) in [5.74, 6) is 1.21. The summed E-state index contributed by atoms with van der Waals surface area (Å²) < 4.78 is 5.47. The Morgan fingerprint density at radius 3 is 3.12 bits per heavy atom. The van der Waals surface area contributed by atoms with Crippen molar-refractivity contribution in [3.8, 4) is 11.5 Å². The van der Waals surface area contributed by atoms with Crippen molar-refractivity contribution in [2.24, 2.45) is 5.92 Å². The number of benzene rings is 1. The van der Waals surface area contributed by atoms with E-state index in [1.165, 1.54) is 0 Å². The van der Waals surface area contributed by atoms with Gasteiger partial charge in [0.2, 0.25) is 0 Å². The van der Waals surface area contributed by atoms with Crippen molar-refractivity contribution >= 4 is 0 Å². The Morgan fingerprint density at radius 2 is 2.38 bits per heavy atom. The molecule has 0 radical (unpaired) electrons. The summed E-state index contributed by atoms with van der Waals surface area (Å²) in [6.07, 6.45) is 0. The maximum Gasteiger partial charge on any atom is 0.127 e. The van der Waals surface area contributed by atoms with Crippen molar-refractivity contribution in [2.45, 2.75) is 13.0 Å². The van der Waals surface area contributed by atoms with Gasteiger partial charge < -0.3 is 20.3 Å². The molecule has 0 saturated heterocycles. The number of fused-ring (bicyclic) bond motifs is 1. The first-order valence-corrected chi connectivity index (χ1v) is 5.50. The van der Waals surface area contributed by atoms with Crippen LogP contribution in [-0.4, -0.2) is 30.0 Å². The van der Waals surface area contributed by atoms with E-state index in [0.717, 1.165) is 17.9 Å². The quantitative estimate of drug-likeness (QED) is 0.714. The molecule has 4 heteroatoms. The van der Waals surface area contributed by atoms with Crippen LogP contribution in [0, 0.1) is 5.92 Å². The first-order valence-electron chi connectivity index (χ1n) is 5.50. The predicted octanol–water partition coefficient (Wildman–Crippen LogP) is 1.04. The highest BCUT2D eigenvalue weighted by Crippen LogP contribution is 2.34. The maximum atomic E-state index is 9.31. The van der Waals surface area contributed by atoms with Gasteiger partial charge in [-0.3, -0.25) is 0 Å². The van der Waals surface area contributed by atoms with Crippen LogP contribution in [0.1, 0.15) is 18.5 Å². The number of aromatic hydroxyl groups is 1. The molecule has 4 nitrogen and oxygen atoms in total. The van der Waals surface area contributed by atoms with Crippen LogP contribution in [0.5, 0.6) is 11.5 Å². The maximum absolute atomic E-state index is 9.31. The molecule has 16 heavy (non-hydrogen) atoms. The molecule has 1 aromatic carbocycles. The van der Waals surface area contributed by atoms with Gasteiger partial charge in [0, 0.05) is 24.8 Å². The number of ether oxygens (including phenoxy) is 1. The molecule has 0 saturated carbocycles. The summed E-state index contributed by atoms with van der Waals surface area (Å²) in [6.45, 7) is 3.51. The van der Waals surface area contributed by atoms with E-state index in [1.807, 2.05) is 13.0 Å². The average molecular weight is 223 g/mol. The van der Waals surface area contributed by atoms with Gasteiger partial charge in [0.05, 0.1) is 6.04 Å². The zero-order valence-electron chi connectivity index (χ0n) is 9.31. The van der Waals surface area contributed by atoms with E-state index >= 15 is 0 Å². The third-order valence-electron chi connectivity index (χ3n) is 2.80. The second-order valence-electron chi connectivity index (χ2n) is 4.28. The summed E-state index contributed by atoms with van der Waals surface area (Å²) in [5, 5.41) is 21.6. The van der Waals surface area contributed by atoms with Crippen LogP contribution in [0.4, 0.5) is 0 Å². The van der Waals surface area contributed by atoms with Crippen molar-refractivity contribution in [2.75, 3.05) is 19.8 Å². The van der Waals surface area contributed by atoms with Gasteiger partial charge in [0.1, 0.15) is 18.1 Å². The van der Waals surface area contributed by atoms with E-state index in [0.29, 0.717) is 6.61 Å². The lowest BCUT2D eigenvalue weighted by Gasteiger charge is -2.14. The second kappa shape index (κ2) is 4.72. The van der Waals surface area contributed by atoms with Gasteiger partial charge in [-0.15, -0.1) is 0 Å². The van der Waals surface area contributed by atoms with E-state index in [1.54, 1.807) is 12.1 Å². The number of aliphatic hydroxyl groups excluding tert-OH is 1. The number of rotatable bonds is 4. The van der Waals surface area contributed by atoms with Gasteiger partial charge in [-0.1, -0.05) is 6.92 Å². The first-order chi connectivity index (χ1) is 7.70. The van der Waals surface area contributed by atoms with Crippen LogP contribution in [0.3, 0.4) is 0 Å². The molecule has 1 aromatic rings. The summed E-state index contributed by atoms with van der Waals surface area (Å²) >= 11 is 0. The molecule has 1 aliphatic rings. The number of aliphatic hydroxyl groups is 1. The van der Waals surface area contributed by atoms with Crippen molar-refractivity contribution in [1.29, 1.82) is 0 Å². The Bertz CT molecular complexity index is 367. The number of nitrogens with one attached hydrogen (secondary N) is 1. The zero-order valence-corrected chi connectivity index (χ0v) is 9.31. The fourth-order valence-corrected chi connectivity index (χ4v) is 1.78. The number of hydrogen-bond donors (Lipinski definition) is 3. The van der Waals surface area contributed by atoms with E-state index in [9.17, 15) is 5.11 Å². The smallest absolute Gasteiger partial charge is 0.127 e. The minimum atomic E-state index is 0.157. The highest BCUT2D eigenvalue weighted by molar-refractivity contribution is 5.44. The second-order valence-corrected chi connectivity index (χ2v) is 4.28. The summed E-state index contributed by atoms with van der Waals surface area (Å²) in [5.41, 5.74) is 1.07. The van der Waals surface area contributed by atoms with Gasteiger partial charge in [0.25, 0.3) is 0 Å². The molecule has 0 aromatic heterocycles. The summed E-state index contributed by atoms with van der Waals surface area (Å²) in [6, 6.07) is 5.33. The van der Waals surface area contributed by atoms with Crippen LogP contribution in [0.2, 0.25) is 0 Å². The molecule has 88 valence electrons. The van der Waals surface area contributed by atoms with Crippen LogP contribution in [0.15, 0.2) is 18.2 Å². The Labute approximate surface area is 94.9 Å². The predicted molar refractivity (Wildman–Crippen MR) is 60.6 cm³/mol. The van der Waals surface area contributed by atoms with Gasteiger partial charge >= 0.3 is 0 Å². The molecule has 3 N–H and O–H groups in total. The van der Waals surface area contributed by atoms with E-state index < -0.39 is 0 Å². The van der Waals surface area contributed by atoms with Gasteiger partial charge in [-0.05, 0) is 18.1 Å². The molecule has 0 fully saturated rings. The average Bonchev–Trinajstić information content (AvgIpc) is 2.68. The minimum absolute atomic E-state index is 0.157. The highest BCUT2D eigenvalue weighted by Gasteiger charge is 2.24. The molecule has 0 amide bonds. The van der Waals surface area contributed by atoms with Crippen LogP contribution in [0.25, 0.3) is 0 Å². The van der Waals surface area contributed by atoms with Crippen LogP contribution < -0.4 is 10.1 Å². The van der Waals surface area contributed by atoms with Gasteiger partial charge in [-0.2, -0.15) is 0 Å². The third kappa shape index (κ3) is 2.28. The lowest BCUT2D eigenvalue weighted by molar-refractivity contribution is 0.225. The minimum Gasteiger partial charge on any atom is -0.508 e. The number of hydrogen-bond acceptors (Lipinski definition) is 4. The topological polar surface area (TPSA) is 61.7 Å². The molecule has 0 spiro atoms. The monoisotopic (exact) mass is 223 g/mol. The molecule has 1 heterocycles. The number of phenolic OH excluding ortho intramolecular Hbond substituents is 1. The fourth-order valence-electron chi connectivity index (χ4n) is 1.78. The Morgan fingerprint density at radius 1 is 1.56 bits per heavy atom.